The van der Waals surface area contributed by atoms with Crippen LogP contribution in [-0.4, -0.2) is 25.5 Å². The number of thiophene rings is 1. The smallest absolute Gasteiger partial charge is 0.0561 e. The molecule has 0 amide bonds. The van der Waals surface area contributed by atoms with Crippen LogP contribution >= 0.6 is 27.3 Å². The fourth-order valence-corrected chi connectivity index (χ4v) is 3.47. The molecule has 0 bridgehead atoms. The van der Waals surface area contributed by atoms with E-state index in [1.165, 1.54) is 20.5 Å². The number of likely N-dealkylation sites (N-methyl/N-ethyl adjacent to an activating group) is 1. The molecule has 1 unspecified atom stereocenters. The normalized spacial score (nSPS) is 12.8. The van der Waals surface area contributed by atoms with Crippen LogP contribution in [0.5, 0.6) is 0 Å². The number of hydrogen-bond acceptors (Lipinski definition) is 3. The Kier molecular flexibility index (Phi) is 5.78. The lowest BCUT2D eigenvalue weighted by Gasteiger charge is -2.23. The van der Waals surface area contributed by atoms with E-state index in [4.69, 9.17) is 0 Å². The van der Waals surface area contributed by atoms with E-state index in [9.17, 15) is 0 Å². The maximum absolute atomic E-state index is 3.59. The summed E-state index contributed by atoms with van der Waals surface area (Å²) in [7, 11) is 4.27. The van der Waals surface area contributed by atoms with E-state index < -0.39 is 0 Å². The minimum Gasteiger partial charge on any atom is -0.311 e. The van der Waals surface area contributed by atoms with Gasteiger partial charge in [0.05, 0.1) is 6.04 Å². The number of aryl methyl sites for hydroxylation is 1. The molecule has 108 valence electrons. The summed E-state index contributed by atoms with van der Waals surface area (Å²) in [5.41, 5.74) is 2.59. The van der Waals surface area contributed by atoms with Crippen LogP contribution in [-0.2, 0) is 6.54 Å². The Hall–Kier alpha value is -0.680. The Bertz CT molecular complexity index is 537. The lowest BCUT2D eigenvalue weighted by atomic mass is 10.1. The predicted molar refractivity (Wildman–Crippen MR) is 91.3 cm³/mol. The third kappa shape index (κ3) is 4.16. The average Bonchev–Trinajstić information content (AvgIpc) is 2.92. The molecule has 0 saturated heterocycles. The Labute approximate surface area is 133 Å². The Balaban J connectivity index is 1.92. The summed E-state index contributed by atoms with van der Waals surface area (Å²) in [6.07, 6.45) is 0. The van der Waals surface area contributed by atoms with Gasteiger partial charge in [-0.3, -0.25) is 0 Å². The molecule has 0 aliphatic carbocycles. The van der Waals surface area contributed by atoms with Gasteiger partial charge >= 0.3 is 0 Å². The molecule has 0 radical (unpaired) electrons. The van der Waals surface area contributed by atoms with Crippen molar-refractivity contribution < 1.29 is 0 Å². The quantitative estimate of drug-likeness (QED) is 0.837. The molecule has 2 nitrogen and oxygen atoms in total. The van der Waals surface area contributed by atoms with Crippen LogP contribution in [0.3, 0.4) is 0 Å². The predicted octanol–water partition coefficient (Wildman–Crippen LogP) is 4.21. The Morgan fingerprint density at radius 2 is 2.10 bits per heavy atom. The van der Waals surface area contributed by atoms with Crippen LogP contribution in [0.4, 0.5) is 0 Å². The largest absolute Gasteiger partial charge is 0.311 e. The van der Waals surface area contributed by atoms with E-state index in [2.05, 4.69) is 82.9 Å². The van der Waals surface area contributed by atoms with Crippen LogP contribution in [0, 0.1) is 6.92 Å². The fraction of sp³-hybridized carbons (Fsp3) is 0.375. The van der Waals surface area contributed by atoms with E-state index in [1.54, 1.807) is 0 Å². The van der Waals surface area contributed by atoms with Gasteiger partial charge in [-0.25, -0.2) is 0 Å². The summed E-state index contributed by atoms with van der Waals surface area (Å²) >= 11 is 5.41. The zero-order chi connectivity index (χ0) is 14.5. The van der Waals surface area contributed by atoms with Crippen LogP contribution in [0.1, 0.15) is 22.0 Å². The van der Waals surface area contributed by atoms with Gasteiger partial charge in [-0.05, 0) is 49.7 Å². The maximum Gasteiger partial charge on any atom is 0.0561 e. The monoisotopic (exact) mass is 352 g/mol. The second-order valence-electron chi connectivity index (χ2n) is 5.21. The molecule has 0 aliphatic rings. The van der Waals surface area contributed by atoms with Gasteiger partial charge in [-0.1, -0.05) is 34.1 Å². The first-order chi connectivity index (χ1) is 9.58. The highest BCUT2D eigenvalue weighted by Crippen LogP contribution is 2.22. The first-order valence-electron chi connectivity index (χ1n) is 6.73. The van der Waals surface area contributed by atoms with Gasteiger partial charge in [-0.2, -0.15) is 0 Å². The second kappa shape index (κ2) is 7.36. The lowest BCUT2D eigenvalue weighted by molar-refractivity contribution is 0.292. The molecule has 20 heavy (non-hydrogen) atoms. The molecule has 2 rings (SSSR count). The molecule has 0 saturated carbocycles. The van der Waals surface area contributed by atoms with Gasteiger partial charge in [0, 0.05) is 22.4 Å². The summed E-state index contributed by atoms with van der Waals surface area (Å²) < 4.78 is 1.18. The molecule has 1 aromatic heterocycles. The van der Waals surface area contributed by atoms with Crippen LogP contribution in [0.2, 0.25) is 0 Å². The van der Waals surface area contributed by atoms with Gasteiger partial charge in [-0.15, -0.1) is 11.3 Å². The van der Waals surface area contributed by atoms with E-state index in [1.807, 2.05) is 11.3 Å². The van der Waals surface area contributed by atoms with E-state index in [0.29, 0.717) is 6.04 Å². The minimum atomic E-state index is 0.434. The Morgan fingerprint density at radius 3 is 2.70 bits per heavy atom. The number of rotatable bonds is 6. The summed E-state index contributed by atoms with van der Waals surface area (Å²) in [4.78, 5) is 3.68. The van der Waals surface area contributed by atoms with Crippen LogP contribution < -0.4 is 5.32 Å². The van der Waals surface area contributed by atoms with Crippen molar-refractivity contribution >= 4 is 27.3 Å². The first kappa shape index (κ1) is 15.7. The van der Waals surface area contributed by atoms with Crippen molar-refractivity contribution in [3.05, 3.63) is 56.2 Å². The molecule has 1 aromatic carbocycles. The number of benzene rings is 1. The first-order valence-corrected chi connectivity index (χ1v) is 8.41. The van der Waals surface area contributed by atoms with E-state index in [-0.39, 0.29) is 0 Å². The van der Waals surface area contributed by atoms with Crippen LogP contribution in [0.15, 0.2) is 40.2 Å². The number of halogens is 1. The SMILES string of the molecule is Cc1ccc(CNCC(c2cccs2)N(C)C)cc1Br. The molecular formula is C16H21BrN2S. The summed E-state index contributed by atoms with van der Waals surface area (Å²) in [5.74, 6) is 0. The van der Waals surface area contributed by atoms with Gasteiger partial charge in [0.1, 0.15) is 0 Å². The third-order valence-corrected chi connectivity index (χ3v) is 5.23. The van der Waals surface area contributed by atoms with Crippen molar-refractivity contribution in [1.29, 1.82) is 0 Å². The van der Waals surface area contributed by atoms with Gasteiger partial charge in [0.15, 0.2) is 0 Å². The zero-order valence-electron chi connectivity index (χ0n) is 12.2. The molecule has 1 N–H and O–H groups in total. The van der Waals surface area contributed by atoms with Crippen molar-refractivity contribution in [3.8, 4) is 0 Å². The highest BCUT2D eigenvalue weighted by molar-refractivity contribution is 9.10. The molecule has 1 heterocycles. The summed E-state index contributed by atoms with van der Waals surface area (Å²) in [6, 6.07) is 11.3. The average molecular weight is 353 g/mol. The van der Waals surface area contributed by atoms with Crippen molar-refractivity contribution in [2.75, 3.05) is 20.6 Å². The standard InChI is InChI=1S/C16H21BrN2S/c1-12-6-7-13(9-14(12)17)10-18-11-15(19(2)3)16-5-4-8-20-16/h4-9,15,18H,10-11H2,1-3H3. The van der Waals surface area contributed by atoms with Gasteiger partial charge in [0.25, 0.3) is 0 Å². The second-order valence-corrected chi connectivity index (χ2v) is 7.04. The molecule has 0 aliphatic heterocycles. The van der Waals surface area contributed by atoms with Crippen molar-refractivity contribution in [1.82, 2.24) is 10.2 Å². The maximum atomic E-state index is 3.59. The van der Waals surface area contributed by atoms with Gasteiger partial charge < -0.3 is 10.2 Å². The van der Waals surface area contributed by atoms with Crippen molar-refractivity contribution in [3.63, 3.8) is 0 Å². The lowest BCUT2D eigenvalue weighted by Crippen LogP contribution is -2.30. The topological polar surface area (TPSA) is 15.3 Å². The molecular weight excluding hydrogens is 332 g/mol. The molecule has 2 aromatic rings. The zero-order valence-corrected chi connectivity index (χ0v) is 14.6. The highest BCUT2D eigenvalue weighted by atomic mass is 79.9. The summed E-state index contributed by atoms with van der Waals surface area (Å²) in [5, 5.41) is 5.70. The number of nitrogens with one attached hydrogen (secondary N) is 1. The summed E-state index contributed by atoms with van der Waals surface area (Å²) in [6.45, 7) is 3.97. The van der Waals surface area contributed by atoms with Crippen molar-refractivity contribution in [2.24, 2.45) is 0 Å². The minimum absolute atomic E-state index is 0.434. The fourth-order valence-electron chi connectivity index (χ4n) is 2.12. The Morgan fingerprint density at radius 1 is 1.30 bits per heavy atom. The van der Waals surface area contributed by atoms with Gasteiger partial charge in [0.2, 0.25) is 0 Å². The van der Waals surface area contributed by atoms with Crippen LogP contribution in [0.25, 0.3) is 0 Å². The third-order valence-electron chi connectivity index (χ3n) is 3.40. The highest BCUT2D eigenvalue weighted by Gasteiger charge is 2.14. The molecule has 0 spiro atoms. The molecule has 0 fully saturated rings. The number of nitrogens with zero attached hydrogens (tertiary/aromatic N) is 1. The molecule has 4 heteroatoms. The van der Waals surface area contributed by atoms with E-state index in [0.717, 1.165) is 13.1 Å². The number of hydrogen-bond donors (Lipinski definition) is 1. The molecule has 1 atom stereocenters. The van der Waals surface area contributed by atoms with E-state index >= 15 is 0 Å². The van der Waals surface area contributed by atoms with Crippen molar-refractivity contribution in [2.45, 2.75) is 19.5 Å².